The van der Waals surface area contributed by atoms with E-state index in [-0.39, 0.29) is 19.0 Å². The van der Waals surface area contributed by atoms with E-state index in [1.807, 2.05) is 0 Å². The van der Waals surface area contributed by atoms with E-state index in [4.69, 9.17) is 5.73 Å². The molecule has 1 aromatic rings. The molecule has 0 atom stereocenters. The molecule has 0 saturated carbocycles. The number of carbonyl (C=O) groups excluding carboxylic acids is 3. The van der Waals surface area contributed by atoms with Gasteiger partial charge in [0.25, 0.3) is 0 Å². The van der Waals surface area contributed by atoms with Gasteiger partial charge in [0.05, 0.1) is 20.2 Å². The zero-order valence-corrected chi connectivity index (χ0v) is 11.4. The van der Waals surface area contributed by atoms with E-state index in [9.17, 15) is 14.4 Å². The van der Waals surface area contributed by atoms with Crippen LogP contribution in [0.2, 0.25) is 0 Å². The van der Waals surface area contributed by atoms with Gasteiger partial charge in [-0.15, -0.1) is 0 Å². The summed E-state index contributed by atoms with van der Waals surface area (Å²) in [7, 11) is 2.92. The van der Waals surface area contributed by atoms with Gasteiger partial charge in [-0.3, -0.25) is 19.3 Å². The van der Waals surface area contributed by atoms with E-state index in [1.165, 1.54) is 24.1 Å². The van der Waals surface area contributed by atoms with Crippen molar-refractivity contribution >= 4 is 23.5 Å². The van der Waals surface area contributed by atoms with Crippen molar-refractivity contribution in [3.05, 3.63) is 29.8 Å². The summed E-state index contributed by atoms with van der Waals surface area (Å²) in [5, 5.41) is 2.65. The van der Waals surface area contributed by atoms with Crippen molar-refractivity contribution in [1.82, 2.24) is 4.90 Å². The van der Waals surface area contributed by atoms with Crippen molar-refractivity contribution in [2.24, 2.45) is 5.73 Å². The van der Waals surface area contributed by atoms with E-state index in [1.54, 1.807) is 19.2 Å². The highest BCUT2D eigenvalue weighted by atomic mass is 16.5. The van der Waals surface area contributed by atoms with Crippen LogP contribution in [0.3, 0.4) is 0 Å². The van der Waals surface area contributed by atoms with Crippen molar-refractivity contribution in [1.29, 1.82) is 0 Å². The van der Waals surface area contributed by atoms with Crippen LogP contribution in [0.25, 0.3) is 0 Å². The minimum atomic E-state index is -0.527. The van der Waals surface area contributed by atoms with Crippen molar-refractivity contribution in [2.45, 2.75) is 0 Å². The number of methoxy groups -OCH3 is 1. The summed E-state index contributed by atoms with van der Waals surface area (Å²) in [6.07, 6.45) is 0. The number of nitrogens with two attached hydrogens (primary N) is 1. The molecule has 0 heterocycles. The molecule has 0 fully saturated rings. The molecule has 0 unspecified atom stereocenters. The van der Waals surface area contributed by atoms with Crippen LogP contribution < -0.4 is 11.1 Å². The molecule has 7 nitrogen and oxygen atoms in total. The van der Waals surface area contributed by atoms with Gasteiger partial charge >= 0.3 is 5.97 Å². The van der Waals surface area contributed by atoms with Crippen LogP contribution >= 0.6 is 0 Å². The van der Waals surface area contributed by atoms with Crippen LogP contribution in [0.5, 0.6) is 0 Å². The lowest BCUT2D eigenvalue weighted by atomic mass is 10.2. The van der Waals surface area contributed by atoms with Crippen LogP contribution in [-0.2, 0) is 14.3 Å². The summed E-state index contributed by atoms with van der Waals surface area (Å²) in [6.45, 7) is 0.0806. The van der Waals surface area contributed by atoms with E-state index in [0.29, 0.717) is 11.3 Å². The fourth-order valence-electron chi connectivity index (χ4n) is 1.50. The average molecular weight is 279 g/mol. The maximum absolute atomic E-state index is 11.7. The third-order valence-electron chi connectivity index (χ3n) is 2.49. The van der Waals surface area contributed by atoms with Crippen LogP contribution in [-0.4, -0.2) is 49.9 Å². The highest BCUT2D eigenvalue weighted by Crippen LogP contribution is 2.09. The molecule has 0 spiro atoms. The minimum absolute atomic E-state index is 0.0323. The van der Waals surface area contributed by atoms with Gasteiger partial charge in [0.2, 0.25) is 11.8 Å². The molecule has 3 N–H and O–H groups in total. The van der Waals surface area contributed by atoms with Crippen LogP contribution in [0.15, 0.2) is 24.3 Å². The normalized spacial score (nSPS) is 10.2. The fraction of sp³-hybridized carbons (Fsp3) is 0.308. The molecule has 1 aromatic carbocycles. The summed E-state index contributed by atoms with van der Waals surface area (Å²) in [4.78, 5) is 35.2. The number of nitrogens with zero attached hydrogens (tertiary/aromatic N) is 1. The molecule has 0 aromatic heterocycles. The largest absolute Gasteiger partial charge is 0.468 e. The number of nitrogens with one attached hydrogen (secondary N) is 1. The molecule has 108 valence electrons. The van der Waals surface area contributed by atoms with Crippen LogP contribution in [0, 0.1) is 0 Å². The Morgan fingerprint density at radius 3 is 2.30 bits per heavy atom. The Morgan fingerprint density at radius 1 is 1.20 bits per heavy atom. The van der Waals surface area contributed by atoms with Crippen molar-refractivity contribution < 1.29 is 19.1 Å². The smallest absolute Gasteiger partial charge is 0.319 e. The molecular formula is C13H17N3O4. The number of carbonyl (C=O) groups is 3. The second-order valence-electron chi connectivity index (χ2n) is 4.24. The SMILES string of the molecule is COC(=O)CN(C)CC(=O)Nc1ccc(C(N)=O)cc1. The Bertz CT molecular complexity index is 499. The number of esters is 1. The highest BCUT2D eigenvalue weighted by molar-refractivity contribution is 5.95. The lowest BCUT2D eigenvalue weighted by Crippen LogP contribution is -2.34. The first-order valence-electron chi connectivity index (χ1n) is 5.87. The number of hydrogen-bond acceptors (Lipinski definition) is 5. The predicted molar refractivity (Wildman–Crippen MR) is 73.1 cm³/mol. The lowest BCUT2D eigenvalue weighted by Gasteiger charge is -2.14. The van der Waals surface area contributed by atoms with E-state index in [0.717, 1.165) is 0 Å². The lowest BCUT2D eigenvalue weighted by molar-refractivity contribution is -0.141. The third-order valence-corrected chi connectivity index (χ3v) is 2.49. The highest BCUT2D eigenvalue weighted by Gasteiger charge is 2.11. The zero-order chi connectivity index (χ0) is 15.1. The summed E-state index contributed by atoms with van der Waals surface area (Å²) >= 11 is 0. The van der Waals surface area contributed by atoms with E-state index in [2.05, 4.69) is 10.1 Å². The summed E-state index contributed by atoms with van der Waals surface area (Å²) in [5.41, 5.74) is 6.03. The zero-order valence-electron chi connectivity index (χ0n) is 11.4. The number of ether oxygens (including phenoxy) is 1. The number of primary amides is 1. The molecule has 20 heavy (non-hydrogen) atoms. The molecule has 0 bridgehead atoms. The average Bonchev–Trinajstić information content (AvgIpc) is 2.38. The van der Waals surface area contributed by atoms with Gasteiger partial charge in [-0.2, -0.15) is 0 Å². The summed E-state index contributed by atoms with van der Waals surface area (Å²) in [5.74, 6) is -1.21. The Morgan fingerprint density at radius 2 is 1.80 bits per heavy atom. The Labute approximate surface area is 116 Å². The number of hydrogen-bond donors (Lipinski definition) is 2. The quantitative estimate of drug-likeness (QED) is 0.704. The third kappa shape index (κ3) is 5.07. The Kier molecular flexibility index (Phi) is 5.67. The Balaban J connectivity index is 2.49. The molecule has 0 aliphatic rings. The van der Waals surface area contributed by atoms with Gasteiger partial charge in [-0.25, -0.2) is 0 Å². The number of benzene rings is 1. The van der Waals surface area contributed by atoms with Gasteiger partial charge in [0.15, 0.2) is 0 Å². The first kappa shape index (κ1) is 15.6. The topological polar surface area (TPSA) is 102 Å². The minimum Gasteiger partial charge on any atom is -0.468 e. The van der Waals surface area contributed by atoms with Crippen molar-refractivity contribution in [3.63, 3.8) is 0 Å². The number of likely N-dealkylation sites (N-methyl/N-ethyl adjacent to an activating group) is 1. The van der Waals surface area contributed by atoms with Gasteiger partial charge in [-0.05, 0) is 31.3 Å². The standard InChI is InChI=1S/C13H17N3O4/c1-16(8-12(18)20-2)7-11(17)15-10-5-3-9(4-6-10)13(14)19/h3-6H,7-8H2,1-2H3,(H2,14,19)(H,15,17). The van der Waals surface area contributed by atoms with Crippen LogP contribution in [0.4, 0.5) is 5.69 Å². The van der Waals surface area contributed by atoms with E-state index >= 15 is 0 Å². The number of amides is 2. The molecule has 2 amide bonds. The molecule has 0 radical (unpaired) electrons. The van der Waals surface area contributed by atoms with Gasteiger partial charge in [-0.1, -0.05) is 0 Å². The fourth-order valence-corrected chi connectivity index (χ4v) is 1.50. The van der Waals surface area contributed by atoms with Crippen molar-refractivity contribution in [3.8, 4) is 0 Å². The maximum atomic E-state index is 11.7. The maximum Gasteiger partial charge on any atom is 0.319 e. The summed E-state index contributed by atoms with van der Waals surface area (Å²) in [6, 6.07) is 6.21. The van der Waals surface area contributed by atoms with E-state index < -0.39 is 11.9 Å². The molecule has 0 aliphatic heterocycles. The molecule has 1 rings (SSSR count). The monoisotopic (exact) mass is 279 g/mol. The molecule has 0 saturated heterocycles. The van der Waals surface area contributed by atoms with Crippen molar-refractivity contribution in [2.75, 3.05) is 32.6 Å². The molecule has 0 aliphatic carbocycles. The number of rotatable bonds is 6. The number of anilines is 1. The molecule has 7 heteroatoms. The first-order chi connectivity index (χ1) is 9.42. The second kappa shape index (κ2) is 7.25. The van der Waals surface area contributed by atoms with Gasteiger partial charge in [0, 0.05) is 11.3 Å². The Hall–Kier alpha value is -2.41. The van der Waals surface area contributed by atoms with Gasteiger partial charge < -0.3 is 15.8 Å². The van der Waals surface area contributed by atoms with Crippen LogP contribution in [0.1, 0.15) is 10.4 Å². The predicted octanol–water partition coefficient (Wildman–Crippen LogP) is -0.171. The summed E-state index contributed by atoms with van der Waals surface area (Å²) < 4.78 is 4.50. The first-order valence-corrected chi connectivity index (χ1v) is 5.87. The molecular weight excluding hydrogens is 262 g/mol. The second-order valence-corrected chi connectivity index (χ2v) is 4.24. The van der Waals surface area contributed by atoms with Gasteiger partial charge in [0.1, 0.15) is 0 Å².